The first kappa shape index (κ1) is 21.3. The van der Waals surface area contributed by atoms with Gasteiger partial charge in [0.05, 0.1) is 11.1 Å². The first-order valence-corrected chi connectivity index (χ1v) is 7.88. The zero-order valence-corrected chi connectivity index (χ0v) is 14.9. The zero-order chi connectivity index (χ0) is 18.2. The van der Waals surface area contributed by atoms with Crippen LogP contribution >= 0.6 is 12.4 Å². The van der Waals surface area contributed by atoms with Gasteiger partial charge in [-0.2, -0.15) is 0 Å². The number of pyridine rings is 1. The van der Waals surface area contributed by atoms with Crippen LogP contribution in [0.5, 0.6) is 0 Å². The molecule has 0 saturated carbocycles. The van der Waals surface area contributed by atoms with Crippen LogP contribution in [0.25, 0.3) is 0 Å². The second-order valence-corrected chi connectivity index (χ2v) is 5.55. The lowest BCUT2D eigenvalue weighted by Gasteiger charge is -2.23. The monoisotopic (exact) mass is 380 g/mol. The molecule has 0 saturated heterocycles. The molecule has 8 nitrogen and oxygen atoms in total. The van der Waals surface area contributed by atoms with Crippen molar-refractivity contribution in [3.63, 3.8) is 0 Å². The third-order valence-electron chi connectivity index (χ3n) is 3.69. The summed E-state index contributed by atoms with van der Waals surface area (Å²) in [6, 6.07) is 11.7. The quantitative estimate of drug-likeness (QED) is 0.551. The van der Waals surface area contributed by atoms with Crippen molar-refractivity contribution in [1.82, 2.24) is 9.47 Å². The van der Waals surface area contributed by atoms with Gasteiger partial charge in [0.1, 0.15) is 6.54 Å². The van der Waals surface area contributed by atoms with Crippen molar-refractivity contribution in [3.8, 4) is 0 Å². The van der Waals surface area contributed by atoms with Crippen LogP contribution in [0, 0.1) is 10.1 Å². The maximum atomic E-state index is 12.6. The summed E-state index contributed by atoms with van der Waals surface area (Å²) in [7, 11) is 0. The maximum absolute atomic E-state index is 12.6. The lowest BCUT2D eigenvalue weighted by molar-refractivity contribution is -0.385. The number of hydrogen-bond acceptors (Lipinski definition) is 5. The van der Waals surface area contributed by atoms with Gasteiger partial charge in [0.2, 0.25) is 5.91 Å². The molecule has 0 bridgehead atoms. The number of nitro groups is 1. The fourth-order valence-electron chi connectivity index (χ4n) is 2.37. The number of aromatic nitrogens is 1. The number of amides is 1. The molecule has 2 N–H and O–H groups in total. The Morgan fingerprint density at radius 3 is 2.50 bits per heavy atom. The molecule has 0 aliphatic rings. The molecule has 140 valence electrons. The van der Waals surface area contributed by atoms with Crippen molar-refractivity contribution in [1.29, 1.82) is 0 Å². The standard InChI is InChI=1S/C17H20N4O4.ClH/c18-9-4-10-19(11-14-5-2-1-3-6-14)17(23)13-20-12-15(21(24)25)7-8-16(20)22;/h1-3,5-8,12H,4,9-11,13,18H2;1H. The number of carbonyl (C=O) groups is 1. The van der Waals surface area contributed by atoms with E-state index in [2.05, 4.69) is 0 Å². The van der Waals surface area contributed by atoms with E-state index in [1.54, 1.807) is 4.90 Å². The molecule has 9 heteroatoms. The fraction of sp³-hybridized carbons (Fsp3) is 0.294. The van der Waals surface area contributed by atoms with Gasteiger partial charge in [-0.05, 0) is 18.5 Å². The van der Waals surface area contributed by atoms with E-state index in [9.17, 15) is 19.7 Å². The molecule has 26 heavy (non-hydrogen) atoms. The molecular weight excluding hydrogens is 360 g/mol. The lowest BCUT2D eigenvalue weighted by atomic mass is 10.2. The number of halogens is 1. The Kier molecular flexibility index (Phi) is 8.47. The van der Waals surface area contributed by atoms with E-state index < -0.39 is 10.5 Å². The Morgan fingerprint density at radius 2 is 1.88 bits per heavy atom. The van der Waals surface area contributed by atoms with E-state index in [-0.39, 0.29) is 30.5 Å². The summed E-state index contributed by atoms with van der Waals surface area (Å²) < 4.78 is 1.06. The summed E-state index contributed by atoms with van der Waals surface area (Å²) in [5.74, 6) is -0.292. The van der Waals surface area contributed by atoms with Crippen molar-refractivity contribution in [2.45, 2.75) is 19.5 Å². The number of nitrogens with two attached hydrogens (primary N) is 1. The molecule has 0 spiro atoms. The minimum Gasteiger partial charge on any atom is -0.337 e. The highest BCUT2D eigenvalue weighted by Crippen LogP contribution is 2.09. The number of carbonyl (C=O) groups excluding carboxylic acids is 1. The molecule has 0 aliphatic carbocycles. The van der Waals surface area contributed by atoms with Gasteiger partial charge in [-0.1, -0.05) is 30.3 Å². The molecule has 1 aromatic heterocycles. The van der Waals surface area contributed by atoms with Crippen LogP contribution in [0.15, 0.2) is 53.5 Å². The highest BCUT2D eigenvalue weighted by Gasteiger charge is 2.16. The maximum Gasteiger partial charge on any atom is 0.285 e. The highest BCUT2D eigenvalue weighted by atomic mass is 35.5. The summed E-state index contributed by atoms with van der Waals surface area (Å²) in [6.45, 7) is 1.03. The van der Waals surface area contributed by atoms with Crippen LogP contribution in [0.4, 0.5) is 5.69 Å². The van der Waals surface area contributed by atoms with Gasteiger partial charge >= 0.3 is 0 Å². The van der Waals surface area contributed by atoms with Crippen molar-refractivity contribution in [2.75, 3.05) is 13.1 Å². The van der Waals surface area contributed by atoms with Crippen LogP contribution in [0.3, 0.4) is 0 Å². The number of benzene rings is 1. The van der Waals surface area contributed by atoms with E-state index in [0.717, 1.165) is 28.5 Å². The predicted octanol–water partition coefficient (Wildman–Crippen LogP) is 1.56. The van der Waals surface area contributed by atoms with Crippen LogP contribution in [-0.2, 0) is 17.9 Å². The average Bonchev–Trinajstić information content (AvgIpc) is 2.61. The van der Waals surface area contributed by atoms with Gasteiger partial charge in [0.25, 0.3) is 11.2 Å². The smallest absolute Gasteiger partial charge is 0.285 e. The van der Waals surface area contributed by atoms with Crippen molar-refractivity contribution in [3.05, 3.63) is 74.7 Å². The molecule has 0 unspecified atom stereocenters. The van der Waals surface area contributed by atoms with E-state index in [0.29, 0.717) is 26.1 Å². The van der Waals surface area contributed by atoms with Crippen LogP contribution in [0.1, 0.15) is 12.0 Å². The molecule has 1 amide bonds. The largest absolute Gasteiger partial charge is 0.337 e. The van der Waals surface area contributed by atoms with E-state index in [4.69, 9.17) is 5.73 Å². The Morgan fingerprint density at radius 1 is 1.19 bits per heavy atom. The van der Waals surface area contributed by atoms with Gasteiger partial charge < -0.3 is 10.6 Å². The van der Waals surface area contributed by atoms with Crippen LogP contribution < -0.4 is 11.3 Å². The Labute approximate surface area is 156 Å². The lowest BCUT2D eigenvalue weighted by Crippen LogP contribution is -2.37. The van der Waals surface area contributed by atoms with Crippen molar-refractivity contribution < 1.29 is 9.72 Å². The first-order chi connectivity index (χ1) is 12.0. The minimum atomic E-state index is -0.601. The van der Waals surface area contributed by atoms with E-state index >= 15 is 0 Å². The van der Waals surface area contributed by atoms with Gasteiger partial charge in [-0.3, -0.25) is 24.3 Å². The molecule has 0 aliphatic heterocycles. The van der Waals surface area contributed by atoms with Crippen molar-refractivity contribution in [2.24, 2.45) is 5.73 Å². The van der Waals surface area contributed by atoms with Crippen LogP contribution in [0.2, 0.25) is 0 Å². The molecule has 1 heterocycles. The molecule has 0 atom stereocenters. The van der Waals surface area contributed by atoms with Crippen LogP contribution in [-0.4, -0.2) is 33.4 Å². The second-order valence-electron chi connectivity index (χ2n) is 5.55. The molecule has 0 radical (unpaired) electrons. The van der Waals surface area contributed by atoms with Gasteiger partial charge in [-0.25, -0.2) is 0 Å². The number of nitrogens with zero attached hydrogens (tertiary/aromatic N) is 3. The Bertz CT molecular complexity index is 795. The van der Waals surface area contributed by atoms with Crippen molar-refractivity contribution >= 4 is 24.0 Å². The normalized spacial score (nSPS) is 10.0. The minimum absolute atomic E-state index is 0. The fourth-order valence-corrected chi connectivity index (χ4v) is 2.37. The number of hydrogen-bond donors (Lipinski definition) is 1. The Hall–Kier alpha value is -2.71. The summed E-state index contributed by atoms with van der Waals surface area (Å²) >= 11 is 0. The summed E-state index contributed by atoms with van der Waals surface area (Å²) in [4.78, 5) is 36.3. The van der Waals surface area contributed by atoms with Gasteiger partial charge in [0.15, 0.2) is 0 Å². The Balaban J connectivity index is 0.00000338. The van der Waals surface area contributed by atoms with Gasteiger partial charge in [0, 0.05) is 25.2 Å². The number of rotatable bonds is 8. The molecule has 0 fully saturated rings. The topological polar surface area (TPSA) is 111 Å². The zero-order valence-electron chi connectivity index (χ0n) is 14.1. The SMILES string of the molecule is Cl.NCCCN(Cc1ccccc1)C(=O)Cn1cc([N+](=O)[O-])ccc1=O. The first-order valence-electron chi connectivity index (χ1n) is 7.88. The molecule has 2 rings (SSSR count). The second kappa shape index (κ2) is 10.3. The van der Waals surface area contributed by atoms with E-state index in [1.165, 1.54) is 0 Å². The molecule has 1 aromatic carbocycles. The third kappa shape index (κ3) is 5.98. The molecule has 2 aromatic rings. The molecular formula is C17H21ClN4O4. The summed E-state index contributed by atoms with van der Waals surface area (Å²) in [5, 5.41) is 10.8. The van der Waals surface area contributed by atoms with E-state index in [1.807, 2.05) is 30.3 Å². The average molecular weight is 381 g/mol. The van der Waals surface area contributed by atoms with Gasteiger partial charge in [-0.15, -0.1) is 12.4 Å². The summed E-state index contributed by atoms with van der Waals surface area (Å²) in [5.41, 5.74) is 5.80. The summed E-state index contributed by atoms with van der Waals surface area (Å²) in [6.07, 6.45) is 1.71. The highest BCUT2D eigenvalue weighted by molar-refractivity contribution is 5.85. The predicted molar refractivity (Wildman–Crippen MR) is 100 cm³/mol. The third-order valence-corrected chi connectivity index (χ3v) is 3.69.